The predicted molar refractivity (Wildman–Crippen MR) is 71.5 cm³/mol. The molecule has 0 radical (unpaired) electrons. The molecular formula is C14H24N2O2. The van der Waals surface area contributed by atoms with E-state index in [1.54, 1.807) is 19.3 Å². The fourth-order valence-electron chi connectivity index (χ4n) is 1.90. The highest BCUT2D eigenvalue weighted by molar-refractivity contribution is 5.08. The Morgan fingerprint density at radius 1 is 1.17 bits per heavy atom. The molecule has 0 saturated heterocycles. The van der Waals surface area contributed by atoms with E-state index in [1.165, 1.54) is 0 Å². The molecule has 0 bridgehead atoms. The first kappa shape index (κ1) is 14.9. The van der Waals surface area contributed by atoms with E-state index in [4.69, 9.17) is 4.74 Å². The van der Waals surface area contributed by atoms with E-state index in [9.17, 15) is 5.11 Å². The minimum Gasteiger partial charge on any atom is -0.476 e. The number of nitrogens with zero attached hydrogens (tertiary/aromatic N) is 2. The summed E-state index contributed by atoms with van der Waals surface area (Å²) in [5.41, 5.74) is 0.792. The number of aliphatic hydroxyl groups is 1. The molecule has 102 valence electrons. The molecule has 0 aromatic carbocycles. The first-order chi connectivity index (χ1) is 8.56. The zero-order valence-electron chi connectivity index (χ0n) is 11.8. The van der Waals surface area contributed by atoms with Crippen LogP contribution in [0.2, 0.25) is 0 Å². The van der Waals surface area contributed by atoms with Crippen molar-refractivity contribution in [1.29, 1.82) is 0 Å². The zero-order chi connectivity index (χ0) is 13.6. The van der Waals surface area contributed by atoms with E-state index < -0.39 is 6.10 Å². The number of aliphatic hydroxyl groups excluding tert-OH is 1. The molecule has 1 N–H and O–H groups in total. The SMILES string of the molecule is CCC(CC)(CC)COc1cnc(C(C)O)cn1. The number of hydrogen-bond donors (Lipinski definition) is 1. The molecule has 4 nitrogen and oxygen atoms in total. The zero-order valence-corrected chi connectivity index (χ0v) is 11.8. The molecule has 1 aromatic heterocycles. The van der Waals surface area contributed by atoms with Gasteiger partial charge in [-0.25, -0.2) is 4.98 Å². The predicted octanol–water partition coefficient (Wildman–Crippen LogP) is 3.13. The Morgan fingerprint density at radius 3 is 2.17 bits per heavy atom. The normalized spacial score (nSPS) is 13.4. The summed E-state index contributed by atoms with van der Waals surface area (Å²) in [5, 5.41) is 9.34. The third kappa shape index (κ3) is 3.67. The van der Waals surface area contributed by atoms with Gasteiger partial charge >= 0.3 is 0 Å². The van der Waals surface area contributed by atoms with Crippen LogP contribution in [0.1, 0.15) is 58.8 Å². The summed E-state index contributed by atoms with van der Waals surface area (Å²) < 4.78 is 5.72. The molecule has 0 aliphatic carbocycles. The van der Waals surface area contributed by atoms with Gasteiger partial charge in [-0.3, -0.25) is 4.98 Å². The van der Waals surface area contributed by atoms with Gasteiger partial charge in [-0.2, -0.15) is 0 Å². The molecule has 0 aliphatic heterocycles. The molecule has 1 aromatic rings. The van der Waals surface area contributed by atoms with Gasteiger partial charge < -0.3 is 9.84 Å². The summed E-state index contributed by atoms with van der Waals surface area (Å²) in [5.74, 6) is 0.527. The topological polar surface area (TPSA) is 55.2 Å². The molecule has 0 amide bonds. The van der Waals surface area contributed by atoms with Crippen LogP contribution in [-0.2, 0) is 0 Å². The maximum absolute atomic E-state index is 9.34. The van der Waals surface area contributed by atoms with Gasteiger partial charge in [-0.05, 0) is 26.2 Å². The summed E-state index contributed by atoms with van der Waals surface area (Å²) in [4.78, 5) is 8.28. The Hall–Kier alpha value is -1.16. The van der Waals surface area contributed by atoms with Gasteiger partial charge in [0.1, 0.15) is 0 Å². The van der Waals surface area contributed by atoms with Gasteiger partial charge in [0, 0.05) is 5.41 Å². The maximum atomic E-state index is 9.34. The highest BCUT2D eigenvalue weighted by Gasteiger charge is 2.25. The number of rotatable bonds is 7. The summed E-state index contributed by atoms with van der Waals surface area (Å²) in [7, 11) is 0. The van der Waals surface area contributed by atoms with Gasteiger partial charge in [-0.15, -0.1) is 0 Å². The van der Waals surface area contributed by atoms with Crippen LogP contribution in [0, 0.1) is 5.41 Å². The lowest BCUT2D eigenvalue weighted by molar-refractivity contribution is 0.123. The third-order valence-electron chi connectivity index (χ3n) is 3.85. The quantitative estimate of drug-likeness (QED) is 0.810. The van der Waals surface area contributed by atoms with Gasteiger partial charge in [0.2, 0.25) is 5.88 Å². The van der Waals surface area contributed by atoms with E-state index >= 15 is 0 Å². The average Bonchev–Trinajstić information content (AvgIpc) is 2.41. The summed E-state index contributed by atoms with van der Waals surface area (Å²) in [6, 6.07) is 0. The number of ether oxygens (including phenoxy) is 1. The van der Waals surface area contributed by atoms with Crippen molar-refractivity contribution in [1.82, 2.24) is 9.97 Å². The van der Waals surface area contributed by atoms with E-state index in [2.05, 4.69) is 30.7 Å². The van der Waals surface area contributed by atoms with Crippen molar-refractivity contribution in [3.63, 3.8) is 0 Å². The molecule has 1 atom stereocenters. The van der Waals surface area contributed by atoms with Crippen LogP contribution in [0.3, 0.4) is 0 Å². The highest BCUT2D eigenvalue weighted by Crippen LogP contribution is 2.30. The first-order valence-electron chi connectivity index (χ1n) is 6.69. The number of hydrogen-bond acceptors (Lipinski definition) is 4. The van der Waals surface area contributed by atoms with E-state index in [1.807, 2.05) is 0 Å². The fraction of sp³-hybridized carbons (Fsp3) is 0.714. The van der Waals surface area contributed by atoms with Crippen LogP contribution in [0.4, 0.5) is 0 Å². The van der Waals surface area contributed by atoms with Gasteiger partial charge in [0.05, 0.1) is 30.8 Å². The van der Waals surface area contributed by atoms with E-state index in [-0.39, 0.29) is 5.41 Å². The lowest BCUT2D eigenvalue weighted by Gasteiger charge is -2.29. The minimum absolute atomic E-state index is 0.227. The molecule has 1 heterocycles. The Morgan fingerprint density at radius 2 is 1.78 bits per heavy atom. The van der Waals surface area contributed by atoms with Gasteiger partial charge in [0.25, 0.3) is 0 Å². The van der Waals surface area contributed by atoms with Crippen molar-refractivity contribution >= 4 is 0 Å². The van der Waals surface area contributed by atoms with Crippen LogP contribution in [0.5, 0.6) is 5.88 Å². The molecule has 0 spiro atoms. The summed E-state index contributed by atoms with van der Waals surface area (Å²) in [6.07, 6.45) is 5.84. The third-order valence-corrected chi connectivity index (χ3v) is 3.85. The van der Waals surface area contributed by atoms with Crippen molar-refractivity contribution in [2.24, 2.45) is 5.41 Å². The molecule has 4 heteroatoms. The Balaban J connectivity index is 2.62. The maximum Gasteiger partial charge on any atom is 0.232 e. The fourth-order valence-corrected chi connectivity index (χ4v) is 1.90. The molecule has 0 saturated carbocycles. The van der Waals surface area contributed by atoms with Crippen molar-refractivity contribution in [2.75, 3.05) is 6.61 Å². The van der Waals surface area contributed by atoms with Crippen LogP contribution in [0.15, 0.2) is 12.4 Å². The molecule has 18 heavy (non-hydrogen) atoms. The van der Waals surface area contributed by atoms with E-state index in [0.717, 1.165) is 19.3 Å². The van der Waals surface area contributed by atoms with Gasteiger partial charge in [0.15, 0.2) is 0 Å². The smallest absolute Gasteiger partial charge is 0.232 e. The Kier molecular flexibility index (Phi) is 5.54. The van der Waals surface area contributed by atoms with Crippen molar-refractivity contribution in [3.05, 3.63) is 18.1 Å². The lowest BCUT2D eigenvalue weighted by Crippen LogP contribution is -2.26. The van der Waals surface area contributed by atoms with Crippen molar-refractivity contribution < 1.29 is 9.84 Å². The largest absolute Gasteiger partial charge is 0.476 e. The second-order valence-electron chi connectivity index (χ2n) is 4.80. The minimum atomic E-state index is -0.590. The van der Waals surface area contributed by atoms with Gasteiger partial charge in [-0.1, -0.05) is 20.8 Å². The van der Waals surface area contributed by atoms with E-state index in [0.29, 0.717) is 18.2 Å². The Bertz CT molecular complexity index is 337. The monoisotopic (exact) mass is 252 g/mol. The van der Waals surface area contributed by atoms with Crippen molar-refractivity contribution in [2.45, 2.75) is 53.1 Å². The molecular weight excluding hydrogens is 228 g/mol. The lowest BCUT2D eigenvalue weighted by atomic mass is 9.81. The van der Waals surface area contributed by atoms with Crippen LogP contribution < -0.4 is 4.74 Å². The number of aromatic nitrogens is 2. The molecule has 0 fully saturated rings. The summed E-state index contributed by atoms with van der Waals surface area (Å²) >= 11 is 0. The van der Waals surface area contributed by atoms with Crippen molar-refractivity contribution in [3.8, 4) is 5.88 Å². The Labute approximate surface area is 109 Å². The average molecular weight is 252 g/mol. The first-order valence-corrected chi connectivity index (χ1v) is 6.69. The highest BCUT2D eigenvalue weighted by atomic mass is 16.5. The molecule has 0 aliphatic rings. The molecule has 1 rings (SSSR count). The standard InChI is InChI=1S/C14H24N2O2/c1-5-14(6-2,7-3)10-18-13-9-15-12(8-16-13)11(4)17/h8-9,11,17H,5-7,10H2,1-4H3. The summed E-state index contributed by atoms with van der Waals surface area (Å²) in [6.45, 7) is 8.91. The van der Waals surface area contributed by atoms with Crippen LogP contribution in [-0.4, -0.2) is 21.7 Å². The van der Waals surface area contributed by atoms with Crippen LogP contribution in [0.25, 0.3) is 0 Å². The molecule has 1 unspecified atom stereocenters. The second-order valence-corrected chi connectivity index (χ2v) is 4.80. The second kappa shape index (κ2) is 6.69. The van der Waals surface area contributed by atoms with Crippen LogP contribution >= 0.6 is 0 Å².